The first kappa shape index (κ1) is 42.9. The van der Waals surface area contributed by atoms with E-state index >= 15 is 0 Å². The Morgan fingerprint density at radius 1 is 1.00 bits per heavy atom. The molecule has 0 fully saturated rings. The van der Waals surface area contributed by atoms with E-state index in [0.717, 1.165) is 0 Å². The Morgan fingerprint density at radius 3 is 1.00 bits per heavy atom. The van der Waals surface area contributed by atoms with Crippen LogP contribution in [-0.4, -0.2) is 125 Å². The quantitative estimate of drug-likeness (QED) is 0.472. The van der Waals surface area contributed by atoms with Gasteiger partial charge in [0.2, 0.25) is 0 Å². The van der Waals surface area contributed by atoms with Crippen LogP contribution in [0.25, 0.3) is 0 Å². The molecular weight excluding hydrogens is 280 g/mol. The number of rotatable bonds is 0. The summed E-state index contributed by atoms with van der Waals surface area (Å²) in [6.45, 7) is 0. The van der Waals surface area contributed by atoms with E-state index in [1.165, 1.54) is 0 Å². The molecule has 0 N–H and O–H groups in total. The zero-order chi connectivity index (χ0) is 0. The van der Waals surface area contributed by atoms with Crippen molar-refractivity contribution in [3.63, 3.8) is 0 Å². The fourth-order valence-electron chi connectivity index (χ4n) is 0. The van der Waals surface area contributed by atoms with Gasteiger partial charge in [-0.25, -0.2) is 0 Å². The van der Waals surface area contributed by atoms with E-state index in [2.05, 4.69) is 0 Å². The van der Waals surface area contributed by atoms with Gasteiger partial charge in [0, 0.05) is 162 Å². The second kappa shape index (κ2) is 31.8. The fourth-order valence-corrected chi connectivity index (χ4v) is 0. The fraction of sp³-hybridized carbons (Fsp3) is 0. The summed E-state index contributed by atoms with van der Waals surface area (Å²) in [7, 11) is 0. The first-order valence-electron chi connectivity index (χ1n) is 0. The molecule has 17 valence electrons. The molecule has 0 aliphatic heterocycles. The van der Waals surface area contributed by atoms with E-state index in [4.69, 9.17) is 0 Å². The molecule has 0 heterocycles. The predicted molar refractivity (Wildman–Crippen MR) is 23.0 cm³/mol. The first-order chi connectivity index (χ1) is 0. The summed E-state index contributed by atoms with van der Waals surface area (Å²) in [5, 5.41) is 0. The van der Waals surface area contributed by atoms with Crippen molar-refractivity contribution >= 4 is 125 Å². The molecule has 0 bridgehead atoms. The van der Waals surface area contributed by atoms with Gasteiger partial charge in [-0.1, -0.05) is 0 Å². The van der Waals surface area contributed by atoms with Crippen molar-refractivity contribution in [2.75, 3.05) is 0 Å². The van der Waals surface area contributed by atoms with E-state index in [1.54, 1.807) is 0 Å². The molecule has 0 aliphatic rings. The molecule has 0 amide bonds. The molecule has 0 unspecified atom stereocenters. The van der Waals surface area contributed by atoms with Crippen LogP contribution in [0, 0.1) is 0 Å². The Kier molecular flexibility index (Phi) is 228. The zero-order valence-corrected chi connectivity index (χ0v) is 15.4. The standard InChI is InChI=1S/Ca.Fe.Li.Mg.Sr.Zn. The Labute approximate surface area is 157 Å². The van der Waals surface area contributed by atoms with Crippen molar-refractivity contribution < 1.29 is 36.5 Å². The van der Waals surface area contributed by atoms with Gasteiger partial charge in [0.05, 0.1) is 0 Å². The Balaban J connectivity index is 0. The summed E-state index contributed by atoms with van der Waals surface area (Å²) in [6.07, 6.45) is 0. The molecule has 6 heavy (non-hydrogen) atoms. The average Bonchev–Trinajstić information content (AvgIpc) is 0. The molecule has 0 aromatic carbocycles. The maximum atomic E-state index is 0. The minimum atomic E-state index is 0. The monoisotopic (exact) mass is 279 g/mol. The smallest absolute Gasteiger partial charge is 0 e. The number of hydrogen-bond donors (Lipinski definition) is 0. The van der Waals surface area contributed by atoms with Crippen LogP contribution in [0.3, 0.4) is 0 Å². The summed E-state index contributed by atoms with van der Waals surface area (Å²) in [4.78, 5) is 0. The van der Waals surface area contributed by atoms with Crippen molar-refractivity contribution in [3.8, 4) is 0 Å². The van der Waals surface area contributed by atoms with Gasteiger partial charge in [0.15, 0.2) is 0 Å². The second-order valence-corrected chi connectivity index (χ2v) is 0. The van der Waals surface area contributed by atoms with Crippen molar-refractivity contribution in [3.05, 3.63) is 0 Å². The van der Waals surface area contributed by atoms with Gasteiger partial charge in [0.1, 0.15) is 0 Å². The van der Waals surface area contributed by atoms with Crippen LogP contribution < -0.4 is 0 Å². The van der Waals surface area contributed by atoms with Crippen LogP contribution in [-0.2, 0) is 36.5 Å². The van der Waals surface area contributed by atoms with Gasteiger partial charge < -0.3 is 0 Å². The summed E-state index contributed by atoms with van der Waals surface area (Å²) >= 11 is 0. The van der Waals surface area contributed by atoms with Crippen LogP contribution in [0.5, 0.6) is 0 Å². The molecule has 0 rings (SSSR count). The van der Waals surface area contributed by atoms with E-state index in [-0.39, 0.29) is 162 Å². The van der Waals surface area contributed by atoms with Crippen molar-refractivity contribution in [2.45, 2.75) is 0 Å². The number of hydrogen-bond acceptors (Lipinski definition) is 0. The van der Waals surface area contributed by atoms with E-state index in [1.807, 2.05) is 0 Å². The summed E-state index contributed by atoms with van der Waals surface area (Å²) in [6, 6.07) is 0. The SMILES string of the molecule is [Ca].[Fe].[Li].[Mg].[Sr].[Zn]. The largest absolute Gasteiger partial charge is 0 e. The third-order valence-electron chi connectivity index (χ3n) is 0. The third kappa shape index (κ3) is 22.8. The van der Waals surface area contributed by atoms with Crippen molar-refractivity contribution in [2.24, 2.45) is 0 Å². The van der Waals surface area contributed by atoms with Crippen molar-refractivity contribution in [1.29, 1.82) is 0 Å². The second-order valence-electron chi connectivity index (χ2n) is 0. The molecular formula is CaFeLiMgSrZn. The average molecular weight is 280 g/mol. The predicted octanol–water partition coefficient (Wildman–Crippen LogP) is -1.53. The molecule has 0 spiro atoms. The maximum absolute atomic E-state index is 0. The Hall–Kier alpha value is 5.25. The van der Waals surface area contributed by atoms with Crippen molar-refractivity contribution in [1.82, 2.24) is 0 Å². The Morgan fingerprint density at radius 2 is 1.00 bits per heavy atom. The first-order valence-corrected chi connectivity index (χ1v) is 0. The summed E-state index contributed by atoms with van der Waals surface area (Å²) in [5.74, 6) is 0. The molecule has 0 aromatic heterocycles. The minimum Gasteiger partial charge on any atom is 0 e. The van der Waals surface area contributed by atoms with Crippen LogP contribution in [0.2, 0.25) is 0 Å². The normalized spacial score (nSPS) is 0. The maximum Gasteiger partial charge on any atom is 0 e. The molecule has 0 nitrogen and oxygen atoms in total. The molecule has 0 saturated heterocycles. The summed E-state index contributed by atoms with van der Waals surface area (Å²) in [5.41, 5.74) is 0. The van der Waals surface area contributed by atoms with Crippen LogP contribution in [0.1, 0.15) is 0 Å². The van der Waals surface area contributed by atoms with Gasteiger partial charge in [-0.15, -0.1) is 0 Å². The molecule has 0 aliphatic carbocycles. The topological polar surface area (TPSA) is 0 Å². The molecule has 0 atom stereocenters. The van der Waals surface area contributed by atoms with Gasteiger partial charge in [-0.2, -0.15) is 0 Å². The van der Waals surface area contributed by atoms with Gasteiger partial charge >= 0.3 is 0 Å². The van der Waals surface area contributed by atoms with Crippen LogP contribution in [0.4, 0.5) is 0 Å². The molecule has 0 aromatic rings. The van der Waals surface area contributed by atoms with E-state index in [9.17, 15) is 0 Å². The Bertz CT molecular complexity index is 15.5. The molecule has 0 saturated carbocycles. The van der Waals surface area contributed by atoms with Crippen LogP contribution in [0.15, 0.2) is 0 Å². The third-order valence-corrected chi connectivity index (χ3v) is 0. The van der Waals surface area contributed by atoms with E-state index < -0.39 is 0 Å². The van der Waals surface area contributed by atoms with Gasteiger partial charge in [-0.05, 0) is 0 Å². The van der Waals surface area contributed by atoms with Gasteiger partial charge in [0.25, 0.3) is 0 Å². The van der Waals surface area contributed by atoms with Gasteiger partial charge in [-0.3, -0.25) is 0 Å². The van der Waals surface area contributed by atoms with Crippen LogP contribution >= 0.6 is 0 Å². The van der Waals surface area contributed by atoms with E-state index in [0.29, 0.717) is 0 Å². The minimum absolute atomic E-state index is 0. The molecule has 7 radical (unpaired) electrons. The summed E-state index contributed by atoms with van der Waals surface area (Å²) < 4.78 is 0. The molecule has 6 heteroatoms. The zero-order valence-electron chi connectivity index (χ0n) is 4.18.